The Bertz CT molecular complexity index is 2290. The van der Waals surface area contributed by atoms with Crippen LogP contribution in [0.2, 0.25) is 0 Å². The number of allylic oxidation sites excluding steroid dienone is 1. The van der Waals surface area contributed by atoms with Crippen molar-refractivity contribution in [2.75, 3.05) is 6.16 Å². The average Bonchev–Trinajstić information content (AvgIpc) is 3.27. The van der Waals surface area contributed by atoms with Crippen LogP contribution in [0.1, 0.15) is 43.1 Å². The number of rotatable bonds is 14. The number of benzene rings is 6. The van der Waals surface area contributed by atoms with E-state index in [-0.39, 0.29) is 0 Å². The molecule has 0 spiro atoms. The van der Waals surface area contributed by atoms with Crippen LogP contribution in [0.15, 0.2) is 194 Å². The zero-order chi connectivity index (χ0) is 40.0. The van der Waals surface area contributed by atoms with Crippen LogP contribution in [0.4, 0.5) is 0 Å². The van der Waals surface area contributed by atoms with Crippen LogP contribution in [0.5, 0.6) is 5.75 Å². The number of hydrogen-bond donors (Lipinski definition) is 2. The van der Waals surface area contributed by atoms with Crippen LogP contribution in [-0.4, -0.2) is 33.3 Å². The molecular formula is C49H43BrNO5P. The number of carboxylic acid groups (broad SMARTS) is 2. The fourth-order valence-corrected chi connectivity index (χ4v) is 14.1. The Morgan fingerprint density at radius 2 is 1.02 bits per heavy atom. The van der Waals surface area contributed by atoms with Crippen molar-refractivity contribution in [3.63, 3.8) is 0 Å². The molecule has 2 N–H and O–H groups in total. The van der Waals surface area contributed by atoms with Gasteiger partial charge >= 0.3 is 198 Å². The van der Waals surface area contributed by atoms with E-state index in [0.717, 1.165) is 40.7 Å². The van der Waals surface area contributed by atoms with Crippen molar-refractivity contribution in [2.45, 2.75) is 19.4 Å². The van der Waals surface area contributed by atoms with E-state index in [2.05, 4.69) is 111 Å². The molecule has 0 aliphatic rings. The molecule has 0 atom stereocenters. The van der Waals surface area contributed by atoms with Crippen molar-refractivity contribution in [1.82, 2.24) is 4.98 Å². The van der Waals surface area contributed by atoms with E-state index in [4.69, 9.17) is 9.84 Å². The van der Waals surface area contributed by atoms with Crippen LogP contribution < -0.4 is 20.7 Å². The number of hydrogen-bond acceptors (Lipinski definition) is 4. The molecule has 0 amide bonds. The van der Waals surface area contributed by atoms with Crippen molar-refractivity contribution in [1.29, 1.82) is 0 Å². The third-order valence-corrected chi connectivity index (χ3v) is 19.7. The van der Waals surface area contributed by atoms with E-state index in [1.54, 1.807) is 30.5 Å². The first-order valence-electron chi connectivity index (χ1n) is 18.6. The number of aryl methyl sites for hydroxylation is 1. The normalized spacial score (nSPS) is 11.8. The number of carbonyl (C=O) groups is 2. The van der Waals surface area contributed by atoms with Gasteiger partial charge in [0.05, 0.1) is 5.56 Å². The van der Waals surface area contributed by atoms with E-state index < -0.39 is 17.2 Å². The van der Waals surface area contributed by atoms with Crippen LogP contribution in [-0.2, 0) is 19.4 Å². The Balaban J connectivity index is 0.000000196. The maximum atomic E-state index is 11.2. The number of carboxylic acids is 2. The molecule has 0 saturated carbocycles. The Labute approximate surface area is 341 Å². The van der Waals surface area contributed by atoms with Gasteiger partial charge in [0.1, 0.15) is 18.1 Å². The van der Waals surface area contributed by atoms with Gasteiger partial charge in [0.25, 0.3) is 0 Å². The molecule has 0 fully saturated rings. The SMILES string of the molecule is O=C(O)c1ccc(C/C=C/c2ncccc2OCc2ccccc2)cc1.O=C(O)c1ccc(CCP(Br)(c2ccccc2)(c2ccccc2)c2ccccc2)cc1. The van der Waals surface area contributed by atoms with E-state index in [1.807, 2.05) is 78.9 Å². The van der Waals surface area contributed by atoms with E-state index in [1.165, 1.54) is 15.9 Å². The second-order valence-corrected chi connectivity index (χ2v) is 22.5. The van der Waals surface area contributed by atoms with Crippen molar-refractivity contribution in [3.8, 4) is 5.75 Å². The molecule has 1 heterocycles. The van der Waals surface area contributed by atoms with Gasteiger partial charge in [-0.05, 0) is 47.9 Å². The van der Waals surface area contributed by atoms with Gasteiger partial charge in [-0.25, -0.2) is 4.79 Å². The van der Waals surface area contributed by atoms with Crippen molar-refractivity contribution < 1.29 is 24.5 Å². The van der Waals surface area contributed by atoms with Crippen molar-refractivity contribution in [2.24, 2.45) is 0 Å². The molecule has 286 valence electrons. The first-order valence-corrected chi connectivity index (χ1v) is 23.0. The molecule has 0 unspecified atom stereocenters. The van der Waals surface area contributed by atoms with Gasteiger partial charge in [0.2, 0.25) is 0 Å². The molecule has 6 aromatic carbocycles. The molecule has 7 aromatic rings. The summed E-state index contributed by atoms with van der Waals surface area (Å²) in [5, 5.41) is 19.0. The summed E-state index contributed by atoms with van der Waals surface area (Å²) in [4.78, 5) is 26.5. The standard InChI is InChI=1S/C27H24BrO2P.C22H19NO3/c28-31(24-10-4-1-5-11-24,25-12-6-2-7-13-25,26-14-8-3-9-15-26)21-20-22-16-18-23(19-17-22)27(29)30;24-22(25)19-13-11-17(12-14-19)8-4-9-20-21(10-5-15-23-20)26-16-18-6-2-1-3-7-18/h1-19H,20-21H2,(H,29,30);1-7,9-15H,8,16H2,(H,24,25)/b;9-4+. The molecule has 6 nitrogen and oxygen atoms in total. The fourth-order valence-electron chi connectivity index (χ4n) is 6.68. The first kappa shape index (κ1) is 40.5. The fraction of sp³-hybridized carbons (Fsp3) is 0.0816. The van der Waals surface area contributed by atoms with Gasteiger partial charge in [0.15, 0.2) is 0 Å². The van der Waals surface area contributed by atoms with Crippen molar-refractivity contribution >= 4 is 54.7 Å². The summed E-state index contributed by atoms with van der Waals surface area (Å²) < 4.78 is 5.89. The van der Waals surface area contributed by atoms with Gasteiger partial charge in [0, 0.05) is 6.20 Å². The predicted octanol–water partition coefficient (Wildman–Crippen LogP) is 10.4. The van der Waals surface area contributed by atoms with Gasteiger partial charge in [-0.1, -0.05) is 48.5 Å². The second-order valence-electron chi connectivity index (χ2n) is 13.4. The average molecular weight is 837 g/mol. The minimum absolute atomic E-state index is 0.291. The van der Waals surface area contributed by atoms with Crippen LogP contribution in [0.3, 0.4) is 0 Å². The first-order chi connectivity index (χ1) is 27.7. The summed E-state index contributed by atoms with van der Waals surface area (Å²) in [6, 6.07) is 59.9. The number of aromatic nitrogens is 1. The number of pyridine rings is 1. The third kappa shape index (κ3) is 10.0. The molecule has 7 rings (SSSR count). The number of aromatic carboxylic acids is 2. The van der Waals surface area contributed by atoms with Crippen molar-refractivity contribution in [3.05, 3.63) is 228 Å². The summed E-state index contributed by atoms with van der Waals surface area (Å²) in [6.45, 7) is 0.490. The number of halogens is 1. The Kier molecular flexibility index (Phi) is 13.6. The van der Waals surface area contributed by atoms with Gasteiger partial charge in [-0.3, -0.25) is 4.98 Å². The number of ether oxygens (including phenoxy) is 1. The quantitative estimate of drug-likeness (QED) is 0.106. The summed E-state index contributed by atoms with van der Waals surface area (Å²) in [5.74, 6) is -1.08. The van der Waals surface area contributed by atoms with E-state index in [0.29, 0.717) is 24.2 Å². The predicted molar refractivity (Wildman–Crippen MR) is 237 cm³/mol. The molecule has 0 saturated heterocycles. The second kappa shape index (κ2) is 19.1. The summed E-state index contributed by atoms with van der Waals surface area (Å²) in [5.41, 5.74) is 4.64. The molecule has 0 radical (unpaired) electrons. The molecule has 0 bridgehead atoms. The summed E-state index contributed by atoms with van der Waals surface area (Å²) in [6.07, 6.45) is 8.04. The van der Waals surface area contributed by atoms with Gasteiger partial charge in [-0.2, -0.15) is 0 Å². The van der Waals surface area contributed by atoms with Crippen LogP contribution in [0, 0.1) is 0 Å². The zero-order valence-electron chi connectivity index (χ0n) is 31.3. The molecule has 0 aliphatic heterocycles. The van der Waals surface area contributed by atoms with E-state index in [9.17, 15) is 14.7 Å². The number of nitrogens with zero attached hydrogens (tertiary/aromatic N) is 1. The molecule has 8 heteroatoms. The molecule has 0 aliphatic carbocycles. The molecular weight excluding hydrogens is 793 g/mol. The Hall–Kier alpha value is -6.14. The topological polar surface area (TPSA) is 96.7 Å². The van der Waals surface area contributed by atoms with Gasteiger partial charge in [-0.15, -0.1) is 0 Å². The van der Waals surface area contributed by atoms with E-state index >= 15 is 0 Å². The Morgan fingerprint density at radius 1 is 0.561 bits per heavy atom. The minimum atomic E-state index is -2.96. The third-order valence-electron chi connectivity index (χ3n) is 9.77. The molecule has 57 heavy (non-hydrogen) atoms. The van der Waals surface area contributed by atoms with Gasteiger partial charge < -0.3 is 9.84 Å². The van der Waals surface area contributed by atoms with Crippen LogP contribution in [0.25, 0.3) is 6.08 Å². The Morgan fingerprint density at radius 3 is 1.49 bits per heavy atom. The van der Waals surface area contributed by atoms with Crippen LogP contribution >= 0.6 is 20.8 Å². The monoisotopic (exact) mass is 835 g/mol. The summed E-state index contributed by atoms with van der Waals surface area (Å²) in [7, 11) is 0. The zero-order valence-corrected chi connectivity index (χ0v) is 33.8. The maximum absolute atomic E-state index is 11.2. The molecule has 1 aromatic heterocycles. The summed E-state index contributed by atoms with van der Waals surface area (Å²) >= 11 is 4.45.